The fourth-order valence-electron chi connectivity index (χ4n) is 4.20. The molecule has 1 aliphatic carbocycles. The quantitative estimate of drug-likeness (QED) is 0.594. The van der Waals surface area contributed by atoms with Crippen molar-refractivity contribution < 1.29 is 14.3 Å². The van der Waals surface area contributed by atoms with Gasteiger partial charge in [-0.3, -0.25) is 0 Å². The molecular formula is C23H25NO3. The van der Waals surface area contributed by atoms with Crippen LogP contribution in [-0.4, -0.2) is 19.2 Å². The molecule has 0 saturated heterocycles. The highest BCUT2D eigenvalue weighted by atomic mass is 16.5. The van der Waals surface area contributed by atoms with E-state index in [2.05, 4.69) is 29.6 Å². The SMILES string of the molecule is CCOC(=O)c1ccc2c(c1)C1C=CCC1C(c1ccc(OCC)cc1)N2. The number of hydrogen-bond acceptors (Lipinski definition) is 4. The summed E-state index contributed by atoms with van der Waals surface area (Å²) >= 11 is 0. The van der Waals surface area contributed by atoms with Gasteiger partial charge in [0.25, 0.3) is 0 Å². The number of benzene rings is 2. The Morgan fingerprint density at radius 3 is 2.67 bits per heavy atom. The highest BCUT2D eigenvalue weighted by molar-refractivity contribution is 5.90. The summed E-state index contributed by atoms with van der Waals surface area (Å²) in [7, 11) is 0. The third-order valence-corrected chi connectivity index (χ3v) is 5.42. The van der Waals surface area contributed by atoms with Crippen LogP contribution in [0.2, 0.25) is 0 Å². The Morgan fingerprint density at radius 1 is 1.11 bits per heavy atom. The van der Waals surface area contributed by atoms with Crippen molar-refractivity contribution in [1.29, 1.82) is 0 Å². The maximum absolute atomic E-state index is 12.1. The van der Waals surface area contributed by atoms with Crippen LogP contribution in [0.5, 0.6) is 5.75 Å². The lowest BCUT2D eigenvalue weighted by molar-refractivity contribution is 0.0526. The topological polar surface area (TPSA) is 47.6 Å². The highest BCUT2D eigenvalue weighted by Gasteiger charge is 2.38. The summed E-state index contributed by atoms with van der Waals surface area (Å²) < 4.78 is 10.7. The maximum atomic E-state index is 12.1. The molecule has 0 radical (unpaired) electrons. The Morgan fingerprint density at radius 2 is 1.93 bits per heavy atom. The molecule has 0 saturated carbocycles. The van der Waals surface area contributed by atoms with Gasteiger partial charge in [0, 0.05) is 11.6 Å². The number of allylic oxidation sites excluding steroid dienone is 2. The van der Waals surface area contributed by atoms with Crippen molar-refractivity contribution in [1.82, 2.24) is 0 Å². The molecule has 1 heterocycles. The van der Waals surface area contributed by atoms with Gasteiger partial charge in [-0.25, -0.2) is 4.79 Å². The lowest BCUT2D eigenvalue weighted by atomic mass is 9.76. The molecule has 2 aromatic carbocycles. The number of carbonyl (C=O) groups is 1. The van der Waals surface area contributed by atoms with Crippen LogP contribution in [0.15, 0.2) is 54.6 Å². The van der Waals surface area contributed by atoms with Crippen molar-refractivity contribution >= 4 is 11.7 Å². The summed E-state index contributed by atoms with van der Waals surface area (Å²) in [5.41, 5.74) is 4.16. The number of anilines is 1. The van der Waals surface area contributed by atoms with Crippen LogP contribution in [0.3, 0.4) is 0 Å². The molecule has 3 unspecified atom stereocenters. The van der Waals surface area contributed by atoms with Gasteiger partial charge >= 0.3 is 5.97 Å². The first kappa shape index (κ1) is 17.7. The van der Waals surface area contributed by atoms with E-state index < -0.39 is 0 Å². The number of hydrogen-bond donors (Lipinski definition) is 1. The molecule has 0 bridgehead atoms. The van der Waals surface area contributed by atoms with Crippen molar-refractivity contribution in [3.05, 3.63) is 71.3 Å². The second-order valence-electron chi connectivity index (χ2n) is 7.00. The maximum Gasteiger partial charge on any atom is 0.338 e. The number of carbonyl (C=O) groups excluding carboxylic acids is 1. The van der Waals surface area contributed by atoms with Gasteiger partial charge < -0.3 is 14.8 Å². The number of rotatable bonds is 5. The summed E-state index contributed by atoms with van der Waals surface area (Å²) in [6, 6.07) is 14.5. The second kappa shape index (κ2) is 7.47. The Bertz CT molecular complexity index is 856. The largest absolute Gasteiger partial charge is 0.494 e. The molecule has 1 N–H and O–H groups in total. The van der Waals surface area contributed by atoms with Gasteiger partial charge in [0.05, 0.1) is 24.8 Å². The smallest absolute Gasteiger partial charge is 0.338 e. The summed E-state index contributed by atoms with van der Waals surface area (Å²) in [6.45, 7) is 4.88. The van der Waals surface area contributed by atoms with Crippen LogP contribution in [0.25, 0.3) is 0 Å². The van der Waals surface area contributed by atoms with Gasteiger partial charge in [-0.15, -0.1) is 0 Å². The first-order chi connectivity index (χ1) is 13.2. The monoisotopic (exact) mass is 363 g/mol. The lowest BCUT2D eigenvalue weighted by Crippen LogP contribution is -2.29. The van der Waals surface area contributed by atoms with Crippen molar-refractivity contribution in [2.45, 2.75) is 32.2 Å². The van der Waals surface area contributed by atoms with Gasteiger partial charge in [-0.2, -0.15) is 0 Å². The van der Waals surface area contributed by atoms with E-state index in [9.17, 15) is 4.79 Å². The van der Waals surface area contributed by atoms with Crippen molar-refractivity contribution in [3.63, 3.8) is 0 Å². The van der Waals surface area contributed by atoms with Gasteiger partial charge in [0.15, 0.2) is 0 Å². The van der Waals surface area contributed by atoms with E-state index in [4.69, 9.17) is 9.47 Å². The Kier molecular flexibility index (Phi) is 4.88. The molecule has 0 aromatic heterocycles. The number of nitrogens with one attached hydrogen (secondary N) is 1. The first-order valence-electron chi connectivity index (χ1n) is 9.68. The van der Waals surface area contributed by atoms with Gasteiger partial charge in [0.2, 0.25) is 0 Å². The molecule has 2 aliphatic rings. The Hall–Kier alpha value is -2.75. The van der Waals surface area contributed by atoms with E-state index in [0.717, 1.165) is 17.9 Å². The molecule has 0 fully saturated rings. The summed E-state index contributed by atoms with van der Waals surface area (Å²) in [5.74, 6) is 1.39. The summed E-state index contributed by atoms with van der Waals surface area (Å²) in [5, 5.41) is 3.70. The molecule has 4 heteroatoms. The third kappa shape index (κ3) is 3.32. The molecule has 1 aliphatic heterocycles. The van der Waals surface area contributed by atoms with E-state index in [1.807, 2.05) is 44.2 Å². The Labute approximate surface area is 160 Å². The zero-order chi connectivity index (χ0) is 18.8. The average molecular weight is 363 g/mol. The average Bonchev–Trinajstić information content (AvgIpc) is 3.18. The lowest BCUT2D eigenvalue weighted by Gasteiger charge is -2.37. The van der Waals surface area contributed by atoms with E-state index in [1.54, 1.807) is 0 Å². The minimum absolute atomic E-state index is 0.238. The fraction of sp³-hybridized carbons (Fsp3) is 0.348. The van der Waals surface area contributed by atoms with E-state index in [0.29, 0.717) is 30.6 Å². The molecule has 0 amide bonds. The molecular weight excluding hydrogens is 338 g/mol. The minimum Gasteiger partial charge on any atom is -0.494 e. The molecule has 27 heavy (non-hydrogen) atoms. The number of ether oxygens (including phenoxy) is 2. The van der Waals surface area contributed by atoms with Gasteiger partial charge in [-0.05, 0) is 67.6 Å². The van der Waals surface area contributed by atoms with Crippen LogP contribution >= 0.6 is 0 Å². The Balaban J connectivity index is 1.65. The molecule has 2 aromatic rings. The normalized spacial score (nSPS) is 22.5. The fourth-order valence-corrected chi connectivity index (χ4v) is 4.20. The molecule has 0 spiro atoms. The standard InChI is InChI=1S/C23H25NO3/c1-3-26-17-11-8-15(9-12-17)22-19-7-5-6-18(19)20-14-16(23(25)27-4-2)10-13-21(20)24-22/h5-6,8-14,18-19,22,24H,3-4,7H2,1-2H3. The van der Waals surface area contributed by atoms with Crippen molar-refractivity contribution in [3.8, 4) is 5.75 Å². The molecule has 3 atom stereocenters. The van der Waals surface area contributed by atoms with E-state index in [-0.39, 0.29) is 12.0 Å². The third-order valence-electron chi connectivity index (χ3n) is 5.42. The van der Waals surface area contributed by atoms with Gasteiger partial charge in [0.1, 0.15) is 5.75 Å². The van der Waals surface area contributed by atoms with Crippen LogP contribution in [0.1, 0.15) is 53.7 Å². The minimum atomic E-state index is -0.257. The summed E-state index contributed by atoms with van der Waals surface area (Å²) in [4.78, 5) is 12.1. The predicted molar refractivity (Wildman–Crippen MR) is 106 cm³/mol. The highest BCUT2D eigenvalue weighted by Crippen LogP contribution is 2.50. The molecule has 140 valence electrons. The van der Waals surface area contributed by atoms with Gasteiger partial charge in [-0.1, -0.05) is 24.3 Å². The zero-order valence-corrected chi connectivity index (χ0v) is 15.8. The predicted octanol–water partition coefficient (Wildman–Crippen LogP) is 5.09. The molecule has 4 rings (SSSR count). The van der Waals surface area contributed by atoms with Crippen LogP contribution in [0, 0.1) is 5.92 Å². The number of fused-ring (bicyclic) bond motifs is 3. The van der Waals surface area contributed by atoms with Crippen molar-refractivity contribution in [2.75, 3.05) is 18.5 Å². The second-order valence-corrected chi connectivity index (χ2v) is 7.00. The zero-order valence-electron chi connectivity index (χ0n) is 15.8. The van der Waals surface area contributed by atoms with E-state index >= 15 is 0 Å². The van der Waals surface area contributed by atoms with E-state index in [1.165, 1.54) is 11.1 Å². The van der Waals surface area contributed by atoms with Crippen LogP contribution in [-0.2, 0) is 4.74 Å². The summed E-state index contributed by atoms with van der Waals surface area (Å²) in [6.07, 6.45) is 5.56. The molecule has 4 nitrogen and oxygen atoms in total. The van der Waals surface area contributed by atoms with Crippen molar-refractivity contribution in [2.24, 2.45) is 5.92 Å². The first-order valence-corrected chi connectivity index (χ1v) is 9.68. The van der Waals surface area contributed by atoms with Crippen LogP contribution < -0.4 is 10.1 Å². The number of esters is 1. The van der Waals surface area contributed by atoms with Crippen LogP contribution in [0.4, 0.5) is 5.69 Å².